The molecule has 8 nitrogen and oxygen atoms in total. The van der Waals surface area contributed by atoms with Crippen molar-refractivity contribution in [2.75, 3.05) is 18.5 Å². The molecule has 1 aliphatic carbocycles. The summed E-state index contributed by atoms with van der Waals surface area (Å²) in [6.45, 7) is 12.5. The van der Waals surface area contributed by atoms with E-state index in [-0.39, 0.29) is 17.1 Å². The van der Waals surface area contributed by atoms with E-state index in [1.165, 1.54) is 6.20 Å². The van der Waals surface area contributed by atoms with E-state index in [1.54, 1.807) is 12.1 Å². The molecule has 2 aromatic heterocycles. The van der Waals surface area contributed by atoms with Gasteiger partial charge in [0.05, 0.1) is 23.3 Å². The lowest BCUT2D eigenvalue weighted by molar-refractivity contribution is -0.0705. The second-order valence-electron chi connectivity index (χ2n) is 9.02. The molecule has 0 spiro atoms. The number of aromatic amines is 1. The summed E-state index contributed by atoms with van der Waals surface area (Å²) in [4.78, 5) is 27.5. The van der Waals surface area contributed by atoms with Crippen LogP contribution in [0.3, 0.4) is 0 Å². The Kier molecular flexibility index (Phi) is 5.65. The van der Waals surface area contributed by atoms with E-state index in [9.17, 15) is 9.90 Å². The smallest absolute Gasteiger partial charge is 0.314 e. The van der Waals surface area contributed by atoms with Gasteiger partial charge in [-0.1, -0.05) is 26.5 Å². The lowest BCUT2D eigenvalue weighted by Crippen LogP contribution is -2.34. The quantitative estimate of drug-likeness (QED) is 0.642. The van der Waals surface area contributed by atoms with Gasteiger partial charge in [0, 0.05) is 26.1 Å². The molecule has 3 heterocycles. The van der Waals surface area contributed by atoms with Crippen molar-refractivity contribution in [2.24, 2.45) is 5.41 Å². The van der Waals surface area contributed by atoms with Crippen molar-refractivity contribution in [1.29, 1.82) is 0 Å². The molecule has 1 aliphatic heterocycles. The number of nitrogens with one attached hydrogen (secondary N) is 2. The Morgan fingerprint density at radius 3 is 2.71 bits per heavy atom. The van der Waals surface area contributed by atoms with Crippen LogP contribution in [-0.2, 0) is 10.3 Å². The maximum absolute atomic E-state index is 12.7. The number of anilines is 1. The Bertz CT molecular complexity index is 1060. The minimum atomic E-state index is -1.03. The van der Waals surface area contributed by atoms with Gasteiger partial charge in [0.1, 0.15) is 5.60 Å². The van der Waals surface area contributed by atoms with Gasteiger partial charge in [-0.05, 0) is 42.4 Å². The highest BCUT2D eigenvalue weighted by atomic mass is 16.5. The fourth-order valence-corrected chi connectivity index (χ4v) is 3.99. The molecule has 0 unspecified atom stereocenters. The molecular formula is C23H27N5O3. The zero-order chi connectivity index (χ0) is 22.1. The topological polar surface area (TPSA) is 104 Å². The van der Waals surface area contributed by atoms with Crippen molar-refractivity contribution < 1.29 is 14.6 Å². The molecule has 0 bridgehead atoms. The van der Waals surface area contributed by atoms with E-state index < -0.39 is 11.5 Å². The maximum atomic E-state index is 12.7. The number of allylic oxidation sites excluding steroid dienone is 2. The van der Waals surface area contributed by atoms with Crippen molar-refractivity contribution >= 4 is 23.0 Å². The molecule has 3 N–H and O–H groups in total. The fraction of sp³-hybridized carbons (Fsp3) is 0.478. The fourth-order valence-electron chi connectivity index (χ4n) is 3.99. The maximum Gasteiger partial charge on any atom is 0.314 e. The average molecular weight is 422 g/mol. The van der Waals surface area contributed by atoms with Crippen molar-refractivity contribution in [1.82, 2.24) is 15.0 Å². The zero-order valence-electron chi connectivity index (χ0n) is 17.9. The molecule has 1 amide bonds. The Balaban J connectivity index is 1.69. The molecule has 162 valence electrons. The van der Waals surface area contributed by atoms with Crippen LogP contribution in [0.1, 0.15) is 68.0 Å². The second kappa shape index (κ2) is 8.25. The van der Waals surface area contributed by atoms with Gasteiger partial charge >= 0.3 is 5.91 Å². The lowest BCUT2D eigenvalue weighted by Gasteiger charge is -2.33. The highest BCUT2D eigenvalue weighted by Gasteiger charge is 2.34. The van der Waals surface area contributed by atoms with E-state index >= 15 is 0 Å². The summed E-state index contributed by atoms with van der Waals surface area (Å²) in [7, 11) is 0. The Hall–Kier alpha value is -3.02. The third-order valence-corrected chi connectivity index (χ3v) is 6.11. The van der Waals surface area contributed by atoms with Crippen LogP contribution in [0.4, 0.5) is 11.5 Å². The summed E-state index contributed by atoms with van der Waals surface area (Å²) in [5.41, 5.74) is 2.11. The van der Waals surface area contributed by atoms with Gasteiger partial charge in [-0.15, -0.1) is 0 Å². The Morgan fingerprint density at radius 1 is 1.29 bits per heavy atom. The first-order valence-electron chi connectivity index (χ1n) is 10.5. The zero-order valence-corrected chi connectivity index (χ0v) is 17.9. The van der Waals surface area contributed by atoms with Gasteiger partial charge in [-0.2, -0.15) is 0 Å². The predicted molar refractivity (Wildman–Crippen MR) is 117 cm³/mol. The largest absolute Gasteiger partial charge is 0.383 e. The molecule has 31 heavy (non-hydrogen) atoms. The summed E-state index contributed by atoms with van der Waals surface area (Å²) in [6.07, 6.45) is 7.28. The molecule has 2 aliphatic rings. The monoisotopic (exact) mass is 421 g/mol. The number of ether oxygens (including phenoxy) is 1. The number of amides is 1. The van der Waals surface area contributed by atoms with E-state index in [0.29, 0.717) is 43.1 Å². The molecule has 0 atom stereocenters. The molecule has 4 rings (SSSR count). The summed E-state index contributed by atoms with van der Waals surface area (Å²) < 4.78 is 5.40. The number of carbonyl (C=O) groups is 1. The van der Waals surface area contributed by atoms with Gasteiger partial charge in [0.25, 0.3) is 5.82 Å². The molecule has 1 saturated heterocycles. The number of imidazole rings is 1. The highest BCUT2D eigenvalue weighted by molar-refractivity contribution is 6.03. The summed E-state index contributed by atoms with van der Waals surface area (Å²) in [5.74, 6) is -0.159. The number of hydrogen-bond acceptors (Lipinski definition) is 5. The van der Waals surface area contributed by atoms with Gasteiger partial charge in [0.15, 0.2) is 0 Å². The van der Waals surface area contributed by atoms with Crippen LogP contribution >= 0.6 is 0 Å². The number of pyridine rings is 1. The van der Waals surface area contributed by atoms with Gasteiger partial charge in [-0.25, -0.2) is 9.97 Å². The van der Waals surface area contributed by atoms with Crippen LogP contribution in [0.5, 0.6) is 0 Å². The number of nitrogens with zero attached hydrogens (tertiary/aromatic N) is 3. The van der Waals surface area contributed by atoms with Crippen LogP contribution in [0, 0.1) is 12.0 Å². The first kappa shape index (κ1) is 21.2. The van der Waals surface area contributed by atoms with Crippen LogP contribution in [0.15, 0.2) is 24.4 Å². The van der Waals surface area contributed by atoms with Crippen LogP contribution in [0.2, 0.25) is 0 Å². The average Bonchev–Trinajstić information content (AvgIpc) is 3.24. The molecule has 2 aromatic rings. The summed E-state index contributed by atoms with van der Waals surface area (Å²) >= 11 is 0. The highest BCUT2D eigenvalue weighted by Crippen LogP contribution is 2.40. The first-order chi connectivity index (χ1) is 14.8. The summed E-state index contributed by atoms with van der Waals surface area (Å²) in [5, 5.41) is 14.0. The third-order valence-electron chi connectivity index (χ3n) is 6.11. The Labute approximate surface area is 181 Å². The van der Waals surface area contributed by atoms with Crippen LogP contribution in [0.25, 0.3) is 10.4 Å². The van der Waals surface area contributed by atoms with Crippen LogP contribution < -0.4 is 5.32 Å². The number of aliphatic hydroxyl groups is 1. The number of H-pyrrole nitrogens is 1. The SMILES string of the molecule is [C-]#[N+]c1cnc(C(=O)Nc2ccc(C3(O)CCOCC3)nc2C2=CCC(C)(C)CC2)[nH]1. The van der Waals surface area contributed by atoms with E-state index in [1.807, 2.05) is 0 Å². The number of rotatable bonds is 4. The van der Waals surface area contributed by atoms with Gasteiger partial charge in [0.2, 0.25) is 5.82 Å². The van der Waals surface area contributed by atoms with E-state index in [2.05, 4.69) is 40.1 Å². The standard InChI is InChI=1S/C23H27N5O3/c1-22(2)8-6-15(7-9-22)19-16(26-21(29)20-25-14-18(24-3)28-20)4-5-17(27-19)23(30)10-12-31-13-11-23/h4-6,14,30H,7-13H2,1-2H3,(H,25,28)(H,26,29). The van der Waals surface area contributed by atoms with Crippen molar-refractivity contribution in [2.45, 2.75) is 51.6 Å². The van der Waals surface area contributed by atoms with Gasteiger partial charge < -0.3 is 20.0 Å². The van der Waals surface area contributed by atoms with Crippen molar-refractivity contribution in [3.05, 3.63) is 53.0 Å². The lowest BCUT2D eigenvalue weighted by atomic mass is 9.77. The van der Waals surface area contributed by atoms with E-state index in [0.717, 1.165) is 24.8 Å². The first-order valence-corrected chi connectivity index (χ1v) is 10.5. The summed E-state index contributed by atoms with van der Waals surface area (Å²) in [6, 6.07) is 3.56. The molecule has 1 fully saturated rings. The minimum absolute atomic E-state index is 0.0721. The normalized spacial score (nSPS) is 19.9. The van der Waals surface area contributed by atoms with Crippen molar-refractivity contribution in [3.8, 4) is 0 Å². The second-order valence-corrected chi connectivity index (χ2v) is 9.02. The number of hydrogen-bond donors (Lipinski definition) is 3. The molecular weight excluding hydrogens is 394 g/mol. The third kappa shape index (κ3) is 4.53. The number of aromatic nitrogens is 3. The molecule has 8 heteroatoms. The minimum Gasteiger partial charge on any atom is -0.383 e. The van der Waals surface area contributed by atoms with Crippen molar-refractivity contribution in [3.63, 3.8) is 0 Å². The van der Waals surface area contributed by atoms with Gasteiger partial charge in [-0.3, -0.25) is 9.78 Å². The van der Waals surface area contributed by atoms with E-state index in [4.69, 9.17) is 16.3 Å². The van der Waals surface area contributed by atoms with Crippen LogP contribution in [-0.4, -0.2) is 39.2 Å². The Morgan fingerprint density at radius 2 is 2.06 bits per heavy atom. The molecule has 0 saturated carbocycles. The molecule has 0 aromatic carbocycles. The number of carbonyl (C=O) groups excluding carboxylic acids is 1. The predicted octanol–water partition coefficient (Wildman–Crippen LogP) is 4.20. The molecule has 0 radical (unpaired) electrons.